The van der Waals surface area contributed by atoms with Gasteiger partial charge in [-0.15, -0.1) is 0 Å². The summed E-state index contributed by atoms with van der Waals surface area (Å²) < 4.78 is 5.35. The van der Waals surface area contributed by atoms with E-state index in [2.05, 4.69) is 16.9 Å². The van der Waals surface area contributed by atoms with Crippen LogP contribution < -0.4 is 0 Å². The van der Waals surface area contributed by atoms with E-state index in [0.717, 1.165) is 29.6 Å². The molecule has 0 spiro atoms. The topological polar surface area (TPSA) is 62.1 Å². The number of imidazole rings is 1. The lowest BCUT2D eigenvalue weighted by atomic mass is 9.93. The van der Waals surface area contributed by atoms with Crippen molar-refractivity contribution in [2.75, 3.05) is 0 Å². The van der Waals surface area contributed by atoms with Crippen LogP contribution in [0.1, 0.15) is 37.1 Å². The molecule has 3 rings (SSSR count). The summed E-state index contributed by atoms with van der Waals surface area (Å²) in [6.07, 6.45) is 7.08. The van der Waals surface area contributed by atoms with Gasteiger partial charge in [-0.2, -0.15) is 0 Å². The van der Waals surface area contributed by atoms with Gasteiger partial charge < -0.3 is 14.5 Å². The van der Waals surface area contributed by atoms with Gasteiger partial charge in [0.05, 0.1) is 5.39 Å². The molecule has 4 nitrogen and oxygen atoms in total. The van der Waals surface area contributed by atoms with Gasteiger partial charge in [0.1, 0.15) is 17.7 Å². The van der Waals surface area contributed by atoms with E-state index >= 15 is 0 Å². The van der Waals surface area contributed by atoms with Crippen molar-refractivity contribution in [2.45, 2.75) is 25.7 Å². The minimum Gasteiger partial charge on any atom is -0.504 e. The molecule has 3 aromatic rings. The summed E-state index contributed by atoms with van der Waals surface area (Å²) in [5.74, 6) is 1.39. The number of hydrogen-bond donors (Lipinski definition) is 2. The van der Waals surface area contributed by atoms with E-state index in [4.69, 9.17) is 4.42 Å². The molecule has 2 heterocycles. The second kappa shape index (κ2) is 4.80. The van der Waals surface area contributed by atoms with Gasteiger partial charge in [0.25, 0.3) is 0 Å². The molecule has 1 unspecified atom stereocenters. The maximum atomic E-state index is 9.62. The quantitative estimate of drug-likeness (QED) is 0.746. The number of aromatic amines is 1. The first-order chi connectivity index (χ1) is 9.29. The summed E-state index contributed by atoms with van der Waals surface area (Å²) in [4.78, 5) is 7.54. The highest BCUT2D eigenvalue weighted by Gasteiger charge is 2.17. The Kier molecular flexibility index (Phi) is 2.99. The molecule has 0 aliphatic heterocycles. The van der Waals surface area contributed by atoms with E-state index in [9.17, 15) is 5.11 Å². The molecule has 98 valence electrons. The van der Waals surface area contributed by atoms with Crippen molar-refractivity contribution < 1.29 is 9.52 Å². The number of nitrogens with zero attached hydrogens (tertiary/aromatic N) is 1. The summed E-state index contributed by atoms with van der Waals surface area (Å²) in [5.41, 5.74) is 1.86. The van der Waals surface area contributed by atoms with Crippen LogP contribution in [0.25, 0.3) is 11.0 Å². The summed E-state index contributed by atoms with van der Waals surface area (Å²) in [5, 5.41) is 10.4. The van der Waals surface area contributed by atoms with Crippen molar-refractivity contribution >= 4 is 11.0 Å². The smallest absolute Gasteiger partial charge is 0.161 e. The van der Waals surface area contributed by atoms with Crippen LogP contribution in [-0.4, -0.2) is 15.1 Å². The highest BCUT2D eigenvalue weighted by atomic mass is 16.4. The predicted octanol–water partition coefficient (Wildman–Crippen LogP) is 3.79. The third-order valence-electron chi connectivity index (χ3n) is 3.41. The number of aromatic nitrogens is 2. The van der Waals surface area contributed by atoms with E-state index in [0.29, 0.717) is 5.58 Å². The van der Waals surface area contributed by atoms with Crippen molar-refractivity contribution in [2.24, 2.45) is 0 Å². The van der Waals surface area contributed by atoms with Gasteiger partial charge in [-0.1, -0.05) is 19.4 Å². The van der Waals surface area contributed by atoms with Crippen LogP contribution in [0.4, 0.5) is 0 Å². The molecule has 1 atom stereocenters. The van der Waals surface area contributed by atoms with Gasteiger partial charge in [-0.3, -0.25) is 0 Å². The molecular formula is C15H16N2O2. The number of furan rings is 1. The van der Waals surface area contributed by atoms with E-state index in [1.807, 2.05) is 24.4 Å². The lowest BCUT2D eigenvalue weighted by Crippen LogP contribution is -2.02. The monoisotopic (exact) mass is 256 g/mol. The van der Waals surface area contributed by atoms with Crippen molar-refractivity contribution in [1.82, 2.24) is 9.97 Å². The predicted molar refractivity (Wildman–Crippen MR) is 73.2 cm³/mol. The van der Waals surface area contributed by atoms with Gasteiger partial charge >= 0.3 is 0 Å². The van der Waals surface area contributed by atoms with E-state index in [-0.39, 0.29) is 11.7 Å². The van der Waals surface area contributed by atoms with Gasteiger partial charge in [0.2, 0.25) is 0 Å². The van der Waals surface area contributed by atoms with Crippen molar-refractivity contribution in [3.63, 3.8) is 0 Å². The second-order valence-corrected chi connectivity index (χ2v) is 4.69. The zero-order chi connectivity index (χ0) is 13.2. The highest BCUT2D eigenvalue weighted by molar-refractivity contribution is 5.84. The van der Waals surface area contributed by atoms with Gasteiger partial charge in [-0.25, -0.2) is 4.98 Å². The van der Waals surface area contributed by atoms with Crippen LogP contribution in [0.2, 0.25) is 0 Å². The van der Waals surface area contributed by atoms with Crippen LogP contribution in [0.5, 0.6) is 5.75 Å². The van der Waals surface area contributed by atoms with Crippen LogP contribution in [0, 0.1) is 0 Å². The van der Waals surface area contributed by atoms with Crippen molar-refractivity contribution in [3.8, 4) is 5.75 Å². The van der Waals surface area contributed by atoms with Crippen LogP contribution in [0.15, 0.2) is 41.3 Å². The van der Waals surface area contributed by atoms with Gasteiger partial charge in [0.15, 0.2) is 5.75 Å². The minimum absolute atomic E-state index is 0.187. The number of H-pyrrole nitrogens is 1. The Morgan fingerprint density at radius 2 is 2.32 bits per heavy atom. The Labute approximate surface area is 111 Å². The fourth-order valence-corrected chi connectivity index (χ4v) is 2.47. The summed E-state index contributed by atoms with van der Waals surface area (Å²) in [6.45, 7) is 2.16. The zero-order valence-corrected chi connectivity index (χ0v) is 10.8. The third-order valence-corrected chi connectivity index (χ3v) is 3.41. The SMILES string of the molecule is CCCC(c1ccc2c(O)coc2c1)c1ncc[nH]1. The van der Waals surface area contributed by atoms with E-state index in [1.54, 1.807) is 6.20 Å². The second-order valence-electron chi connectivity index (χ2n) is 4.69. The number of aromatic hydroxyl groups is 1. The van der Waals surface area contributed by atoms with Crippen LogP contribution in [0.3, 0.4) is 0 Å². The standard InChI is InChI=1S/C15H16N2O2/c1-2-3-11(15-16-6-7-17-15)10-4-5-12-13(18)9-19-14(12)8-10/h4-9,11,18H,2-3H2,1H3,(H,16,17). The number of rotatable bonds is 4. The lowest BCUT2D eigenvalue weighted by molar-refractivity contribution is 0.464. The molecule has 0 fully saturated rings. The Hall–Kier alpha value is -2.23. The van der Waals surface area contributed by atoms with Gasteiger partial charge in [-0.05, 0) is 24.1 Å². The number of nitrogens with one attached hydrogen (secondary N) is 1. The Morgan fingerprint density at radius 3 is 3.05 bits per heavy atom. The lowest BCUT2D eigenvalue weighted by Gasteiger charge is -2.14. The molecule has 4 heteroatoms. The molecule has 2 aromatic heterocycles. The van der Waals surface area contributed by atoms with Gasteiger partial charge in [0, 0.05) is 18.3 Å². The summed E-state index contributed by atoms with van der Waals surface area (Å²) >= 11 is 0. The minimum atomic E-state index is 0.187. The number of benzene rings is 1. The van der Waals surface area contributed by atoms with E-state index < -0.39 is 0 Å². The average Bonchev–Trinajstić information content (AvgIpc) is 3.06. The largest absolute Gasteiger partial charge is 0.504 e. The normalized spacial score (nSPS) is 12.9. The number of fused-ring (bicyclic) bond motifs is 1. The maximum Gasteiger partial charge on any atom is 0.161 e. The molecule has 0 amide bonds. The first kappa shape index (κ1) is 11.8. The maximum absolute atomic E-state index is 9.62. The molecule has 0 saturated carbocycles. The van der Waals surface area contributed by atoms with Crippen molar-refractivity contribution in [1.29, 1.82) is 0 Å². The molecule has 2 N–H and O–H groups in total. The van der Waals surface area contributed by atoms with Crippen LogP contribution >= 0.6 is 0 Å². The molecule has 1 aromatic carbocycles. The number of hydrogen-bond acceptors (Lipinski definition) is 3. The average molecular weight is 256 g/mol. The summed E-state index contributed by atoms with van der Waals surface area (Å²) in [7, 11) is 0. The summed E-state index contributed by atoms with van der Waals surface area (Å²) in [6, 6.07) is 5.91. The fraction of sp³-hybridized carbons (Fsp3) is 0.267. The Bertz CT molecular complexity index is 671. The Balaban J connectivity index is 2.04. The third kappa shape index (κ3) is 2.10. The highest BCUT2D eigenvalue weighted by Crippen LogP contribution is 2.32. The molecule has 0 aliphatic rings. The molecule has 0 saturated heterocycles. The molecule has 0 radical (unpaired) electrons. The molecule has 0 bridgehead atoms. The fourth-order valence-electron chi connectivity index (χ4n) is 2.47. The van der Waals surface area contributed by atoms with Crippen LogP contribution in [-0.2, 0) is 0 Å². The first-order valence-electron chi connectivity index (χ1n) is 6.49. The van der Waals surface area contributed by atoms with E-state index in [1.165, 1.54) is 6.26 Å². The molecular weight excluding hydrogens is 240 g/mol. The molecule has 0 aliphatic carbocycles. The molecule has 19 heavy (non-hydrogen) atoms. The zero-order valence-electron chi connectivity index (χ0n) is 10.8. The Morgan fingerprint density at radius 1 is 1.42 bits per heavy atom. The van der Waals surface area contributed by atoms with Crippen molar-refractivity contribution in [3.05, 3.63) is 48.2 Å². The first-order valence-corrected chi connectivity index (χ1v) is 6.49.